The molecule has 0 saturated carbocycles. The number of likely N-dealkylation sites (N-methyl/N-ethyl adjacent to an activating group) is 1. The van der Waals surface area contributed by atoms with Gasteiger partial charge in [-0.05, 0) is 55.7 Å². The summed E-state index contributed by atoms with van der Waals surface area (Å²) in [5.74, 6) is 1.03. The number of carbonyl (C=O) groups excluding carboxylic acids is 2. The number of nitrogens with one attached hydrogen (secondary N) is 1. The minimum absolute atomic E-state index is 0.141. The van der Waals surface area contributed by atoms with Gasteiger partial charge in [0.15, 0.2) is 11.5 Å². The van der Waals surface area contributed by atoms with E-state index in [1.807, 2.05) is 25.1 Å². The largest absolute Gasteiger partial charge is 0.454 e. The van der Waals surface area contributed by atoms with E-state index in [-0.39, 0.29) is 31.6 Å². The van der Waals surface area contributed by atoms with Crippen molar-refractivity contribution in [3.63, 3.8) is 0 Å². The average Bonchev–Trinajstić information content (AvgIpc) is 3.19. The first-order chi connectivity index (χ1) is 14.4. The Balaban J connectivity index is 1.74. The molecule has 2 aromatic carbocycles. The highest BCUT2D eigenvalue weighted by atomic mass is 35.5. The normalized spacial score (nSPS) is 13.1. The molecule has 2 amide bonds. The van der Waals surface area contributed by atoms with E-state index in [2.05, 4.69) is 5.32 Å². The monoisotopic (exact) mass is 450 g/mol. The summed E-state index contributed by atoms with van der Waals surface area (Å²) in [5.41, 5.74) is 1.69. The summed E-state index contributed by atoms with van der Waals surface area (Å²) in [6, 6.07) is 10.1. The molecule has 1 unspecified atom stereocenters. The Morgan fingerprint density at radius 3 is 2.63 bits per heavy atom. The highest BCUT2D eigenvalue weighted by Crippen LogP contribution is 2.33. The van der Waals surface area contributed by atoms with Crippen LogP contribution in [0.3, 0.4) is 0 Å². The second kappa shape index (κ2) is 10.0. The van der Waals surface area contributed by atoms with Crippen molar-refractivity contribution in [3.8, 4) is 11.5 Å². The van der Waals surface area contributed by atoms with Crippen LogP contribution in [0.4, 0.5) is 0 Å². The topological polar surface area (TPSA) is 67.9 Å². The molecule has 0 radical (unpaired) electrons. The van der Waals surface area contributed by atoms with Crippen molar-refractivity contribution in [2.24, 2.45) is 0 Å². The maximum Gasteiger partial charge on any atom is 0.242 e. The smallest absolute Gasteiger partial charge is 0.242 e. The number of fused-ring (bicyclic) bond motifs is 1. The fourth-order valence-corrected chi connectivity index (χ4v) is 3.70. The van der Waals surface area contributed by atoms with E-state index < -0.39 is 6.04 Å². The van der Waals surface area contributed by atoms with Gasteiger partial charge < -0.3 is 19.7 Å². The number of benzene rings is 2. The molecule has 1 aliphatic heterocycles. The van der Waals surface area contributed by atoms with Gasteiger partial charge in [-0.3, -0.25) is 9.59 Å². The Morgan fingerprint density at radius 2 is 1.90 bits per heavy atom. The molecule has 3 rings (SSSR count). The first kappa shape index (κ1) is 22.2. The highest BCUT2D eigenvalue weighted by molar-refractivity contribution is 6.35. The van der Waals surface area contributed by atoms with Crippen LogP contribution in [0.15, 0.2) is 36.4 Å². The maximum atomic E-state index is 13.1. The standard InChI is InChI=1S/C22H24Cl2N2O4/c1-3-25-22(28)14(2)26(12-16-6-7-17(23)11-18(16)24)21(27)9-5-15-4-8-19-20(10-15)30-13-29-19/h4,6-8,10-11,14H,3,5,9,12-13H2,1-2H3,(H,25,28). The van der Waals surface area contributed by atoms with Crippen LogP contribution < -0.4 is 14.8 Å². The molecule has 0 bridgehead atoms. The highest BCUT2D eigenvalue weighted by Gasteiger charge is 2.26. The van der Waals surface area contributed by atoms with Gasteiger partial charge in [-0.1, -0.05) is 35.3 Å². The van der Waals surface area contributed by atoms with Gasteiger partial charge >= 0.3 is 0 Å². The van der Waals surface area contributed by atoms with E-state index in [0.29, 0.717) is 34.5 Å². The minimum Gasteiger partial charge on any atom is -0.454 e. The van der Waals surface area contributed by atoms with Crippen LogP contribution in [-0.4, -0.2) is 36.1 Å². The van der Waals surface area contributed by atoms with Crippen molar-refractivity contribution < 1.29 is 19.1 Å². The molecule has 160 valence electrons. The number of hydrogen-bond acceptors (Lipinski definition) is 4. The predicted octanol–water partition coefficient (Wildman–Crippen LogP) is 4.21. The Hall–Kier alpha value is -2.44. The van der Waals surface area contributed by atoms with Crippen LogP contribution in [0.25, 0.3) is 0 Å². The summed E-state index contributed by atoms with van der Waals surface area (Å²) in [6.45, 7) is 4.47. The zero-order chi connectivity index (χ0) is 21.7. The molecule has 0 aliphatic carbocycles. The summed E-state index contributed by atoms with van der Waals surface area (Å²) in [4.78, 5) is 27.1. The number of halogens is 2. The number of hydrogen-bond donors (Lipinski definition) is 1. The van der Waals surface area contributed by atoms with Crippen molar-refractivity contribution >= 4 is 35.0 Å². The van der Waals surface area contributed by atoms with Crippen LogP contribution in [0.5, 0.6) is 11.5 Å². The van der Waals surface area contributed by atoms with Crippen LogP contribution in [-0.2, 0) is 22.6 Å². The maximum absolute atomic E-state index is 13.1. The molecule has 2 aromatic rings. The van der Waals surface area contributed by atoms with E-state index in [0.717, 1.165) is 11.1 Å². The van der Waals surface area contributed by atoms with Gasteiger partial charge in [0.2, 0.25) is 18.6 Å². The third kappa shape index (κ3) is 5.37. The Morgan fingerprint density at radius 1 is 1.13 bits per heavy atom. The molecule has 8 heteroatoms. The van der Waals surface area contributed by atoms with E-state index >= 15 is 0 Å². The quantitative estimate of drug-likeness (QED) is 0.653. The summed E-state index contributed by atoms with van der Waals surface area (Å²) in [5, 5.41) is 3.75. The molecule has 6 nitrogen and oxygen atoms in total. The lowest BCUT2D eigenvalue weighted by Gasteiger charge is -2.29. The molecular formula is C22H24Cl2N2O4. The lowest BCUT2D eigenvalue weighted by Crippen LogP contribution is -2.47. The molecular weight excluding hydrogens is 427 g/mol. The fraction of sp³-hybridized carbons (Fsp3) is 0.364. The van der Waals surface area contributed by atoms with Crippen LogP contribution in [0.1, 0.15) is 31.4 Å². The molecule has 1 heterocycles. The Labute approximate surface area is 186 Å². The van der Waals surface area contributed by atoms with Crippen molar-refractivity contribution in [1.82, 2.24) is 10.2 Å². The minimum atomic E-state index is -0.638. The van der Waals surface area contributed by atoms with Crippen molar-refractivity contribution in [3.05, 3.63) is 57.6 Å². The third-order valence-corrected chi connectivity index (χ3v) is 5.53. The van der Waals surface area contributed by atoms with Gasteiger partial charge in [0.05, 0.1) is 0 Å². The second-order valence-corrected chi connectivity index (χ2v) is 7.86. The summed E-state index contributed by atoms with van der Waals surface area (Å²) >= 11 is 12.3. The van der Waals surface area contributed by atoms with Gasteiger partial charge in [-0.2, -0.15) is 0 Å². The van der Waals surface area contributed by atoms with Gasteiger partial charge in [-0.15, -0.1) is 0 Å². The SMILES string of the molecule is CCNC(=O)C(C)N(Cc1ccc(Cl)cc1Cl)C(=O)CCc1ccc2c(c1)OCO2. The van der Waals surface area contributed by atoms with E-state index in [9.17, 15) is 9.59 Å². The molecule has 0 fully saturated rings. The number of nitrogens with zero attached hydrogens (tertiary/aromatic N) is 1. The first-order valence-electron chi connectivity index (χ1n) is 9.78. The number of ether oxygens (including phenoxy) is 2. The van der Waals surface area contributed by atoms with Gasteiger partial charge in [-0.25, -0.2) is 0 Å². The third-order valence-electron chi connectivity index (χ3n) is 4.94. The predicted molar refractivity (Wildman–Crippen MR) is 116 cm³/mol. The van der Waals surface area contributed by atoms with Gasteiger partial charge in [0.25, 0.3) is 0 Å². The number of rotatable bonds is 8. The Kier molecular flexibility index (Phi) is 7.45. The molecule has 0 aromatic heterocycles. The zero-order valence-corrected chi connectivity index (χ0v) is 18.4. The van der Waals surface area contributed by atoms with Crippen LogP contribution in [0.2, 0.25) is 10.0 Å². The van der Waals surface area contributed by atoms with E-state index in [1.54, 1.807) is 30.0 Å². The second-order valence-electron chi connectivity index (χ2n) is 7.02. The average molecular weight is 451 g/mol. The molecule has 1 aliphatic rings. The number of aryl methyl sites for hydroxylation is 1. The van der Waals surface area contributed by atoms with Gasteiger partial charge in [0.1, 0.15) is 6.04 Å². The zero-order valence-electron chi connectivity index (χ0n) is 16.9. The van der Waals surface area contributed by atoms with Crippen LogP contribution in [0, 0.1) is 0 Å². The number of amides is 2. The molecule has 30 heavy (non-hydrogen) atoms. The lowest BCUT2D eigenvalue weighted by atomic mass is 10.1. The number of carbonyl (C=O) groups is 2. The van der Waals surface area contributed by atoms with Gasteiger partial charge in [0, 0.05) is 29.6 Å². The van der Waals surface area contributed by atoms with Crippen LogP contribution >= 0.6 is 23.2 Å². The van der Waals surface area contributed by atoms with E-state index in [4.69, 9.17) is 32.7 Å². The van der Waals surface area contributed by atoms with E-state index in [1.165, 1.54) is 0 Å². The summed E-state index contributed by atoms with van der Waals surface area (Å²) in [6.07, 6.45) is 0.761. The van der Waals surface area contributed by atoms with Crippen molar-refractivity contribution in [2.75, 3.05) is 13.3 Å². The lowest BCUT2D eigenvalue weighted by molar-refractivity contribution is -0.140. The summed E-state index contributed by atoms with van der Waals surface area (Å²) in [7, 11) is 0. The molecule has 0 spiro atoms. The Bertz CT molecular complexity index is 935. The molecule has 1 atom stereocenters. The van der Waals surface area contributed by atoms with Crippen molar-refractivity contribution in [1.29, 1.82) is 0 Å². The summed E-state index contributed by atoms with van der Waals surface area (Å²) < 4.78 is 10.7. The first-order valence-corrected chi connectivity index (χ1v) is 10.5. The molecule has 1 N–H and O–H groups in total. The fourth-order valence-electron chi connectivity index (χ4n) is 3.23. The molecule has 0 saturated heterocycles. The van der Waals surface area contributed by atoms with Crippen molar-refractivity contribution in [2.45, 2.75) is 39.3 Å².